The summed E-state index contributed by atoms with van der Waals surface area (Å²) in [6, 6.07) is 1.48. The molecule has 1 rings (SSSR count). The largest absolute Gasteiger partial charge is 0.469 e. The highest BCUT2D eigenvalue weighted by Gasteiger charge is 2.14. The maximum atomic E-state index is 11.7. The van der Waals surface area contributed by atoms with Gasteiger partial charge in [0.25, 0.3) is 5.91 Å². The minimum atomic E-state index is -0.215. The number of aryl methyl sites for hydroxylation is 1. The molecule has 1 unspecified atom stereocenters. The number of amides is 1. The van der Waals surface area contributed by atoms with E-state index in [1.165, 1.54) is 6.26 Å². The molecular formula is C11H17NO4. The Morgan fingerprint density at radius 1 is 1.69 bits per heavy atom. The number of rotatable bonds is 6. The zero-order chi connectivity index (χ0) is 12.0. The second-order valence-corrected chi connectivity index (χ2v) is 3.58. The van der Waals surface area contributed by atoms with Crippen molar-refractivity contribution in [3.63, 3.8) is 0 Å². The van der Waals surface area contributed by atoms with E-state index in [-0.39, 0.29) is 18.6 Å². The number of hydrogen-bond donors (Lipinski definition) is 2. The summed E-state index contributed by atoms with van der Waals surface area (Å²) in [5, 5.41) is 11.6. The standard InChI is InChI=1S/C11H17NO4/c1-8-5-9(6-16-8)11(14)12-10(3-4-13)7-15-2/h5-6,10,13H,3-4,7H2,1-2H3,(H,12,14). The number of aliphatic hydroxyl groups excluding tert-OH is 1. The summed E-state index contributed by atoms with van der Waals surface area (Å²) in [6.07, 6.45) is 1.88. The van der Waals surface area contributed by atoms with Crippen LogP contribution >= 0.6 is 0 Å². The molecule has 0 saturated carbocycles. The lowest BCUT2D eigenvalue weighted by Crippen LogP contribution is -2.38. The van der Waals surface area contributed by atoms with Crippen LogP contribution in [0, 0.1) is 6.92 Å². The molecule has 1 heterocycles. The van der Waals surface area contributed by atoms with Gasteiger partial charge >= 0.3 is 0 Å². The lowest BCUT2D eigenvalue weighted by Gasteiger charge is -2.15. The lowest BCUT2D eigenvalue weighted by atomic mass is 10.2. The molecule has 0 radical (unpaired) electrons. The summed E-state index contributed by atoms with van der Waals surface area (Å²) >= 11 is 0. The van der Waals surface area contributed by atoms with Crippen LogP contribution in [0.15, 0.2) is 16.7 Å². The Labute approximate surface area is 94.4 Å². The molecule has 90 valence electrons. The van der Waals surface area contributed by atoms with E-state index < -0.39 is 0 Å². The number of furan rings is 1. The first kappa shape index (κ1) is 12.7. The molecule has 0 aliphatic heterocycles. The Balaban J connectivity index is 2.54. The molecule has 1 aromatic rings. The zero-order valence-corrected chi connectivity index (χ0v) is 9.53. The average Bonchev–Trinajstić information content (AvgIpc) is 2.65. The number of ether oxygens (including phenoxy) is 1. The molecule has 1 atom stereocenters. The SMILES string of the molecule is COCC(CCO)NC(=O)c1coc(C)c1. The fourth-order valence-electron chi connectivity index (χ4n) is 1.39. The topological polar surface area (TPSA) is 71.7 Å². The van der Waals surface area contributed by atoms with E-state index in [9.17, 15) is 4.79 Å². The van der Waals surface area contributed by atoms with E-state index in [4.69, 9.17) is 14.3 Å². The molecule has 0 aromatic carbocycles. The summed E-state index contributed by atoms with van der Waals surface area (Å²) in [6.45, 7) is 2.17. The van der Waals surface area contributed by atoms with Crippen molar-refractivity contribution in [3.8, 4) is 0 Å². The van der Waals surface area contributed by atoms with E-state index in [1.807, 2.05) is 0 Å². The molecule has 16 heavy (non-hydrogen) atoms. The first-order chi connectivity index (χ1) is 7.67. The van der Waals surface area contributed by atoms with E-state index >= 15 is 0 Å². The van der Waals surface area contributed by atoms with Crippen molar-refractivity contribution in [2.24, 2.45) is 0 Å². The first-order valence-electron chi connectivity index (χ1n) is 5.13. The summed E-state index contributed by atoms with van der Waals surface area (Å²) < 4.78 is 9.99. The Kier molecular flexibility index (Phi) is 5.01. The van der Waals surface area contributed by atoms with E-state index in [2.05, 4.69) is 5.32 Å². The third-order valence-electron chi connectivity index (χ3n) is 2.17. The number of hydrogen-bond acceptors (Lipinski definition) is 4. The predicted molar refractivity (Wildman–Crippen MR) is 58.3 cm³/mol. The molecule has 0 aliphatic rings. The van der Waals surface area contributed by atoms with E-state index in [1.54, 1.807) is 20.1 Å². The van der Waals surface area contributed by atoms with Crippen molar-refractivity contribution >= 4 is 5.91 Å². The maximum absolute atomic E-state index is 11.7. The lowest BCUT2D eigenvalue weighted by molar-refractivity contribution is 0.0878. The minimum absolute atomic E-state index is 0.0126. The molecular weight excluding hydrogens is 210 g/mol. The Morgan fingerprint density at radius 2 is 2.44 bits per heavy atom. The van der Waals surface area contributed by atoms with Gasteiger partial charge in [-0.15, -0.1) is 0 Å². The van der Waals surface area contributed by atoms with Crippen molar-refractivity contribution in [2.45, 2.75) is 19.4 Å². The van der Waals surface area contributed by atoms with Crippen LogP contribution in [0.3, 0.4) is 0 Å². The third-order valence-corrected chi connectivity index (χ3v) is 2.17. The molecule has 0 aliphatic carbocycles. The van der Waals surface area contributed by atoms with Gasteiger partial charge in [-0.2, -0.15) is 0 Å². The molecule has 5 nitrogen and oxygen atoms in total. The van der Waals surface area contributed by atoms with Crippen LogP contribution in [0.25, 0.3) is 0 Å². The minimum Gasteiger partial charge on any atom is -0.469 e. The highest BCUT2D eigenvalue weighted by Crippen LogP contribution is 2.06. The van der Waals surface area contributed by atoms with Gasteiger partial charge in [-0.25, -0.2) is 0 Å². The zero-order valence-electron chi connectivity index (χ0n) is 9.53. The van der Waals surface area contributed by atoms with Gasteiger partial charge < -0.3 is 19.6 Å². The normalized spacial score (nSPS) is 12.4. The Morgan fingerprint density at radius 3 is 2.94 bits per heavy atom. The number of carbonyl (C=O) groups is 1. The van der Waals surface area contributed by atoms with Crippen LogP contribution in [0.2, 0.25) is 0 Å². The Hall–Kier alpha value is -1.33. The molecule has 5 heteroatoms. The van der Waals surface area contributed by atoms with Gasteiger partial charge in [0.2, 0.25) is 0 Å². The van der Waals surface area contributed by atoms with Crippen molar-refractivity contribution in [1.82, 2.24) is 5.32 Å². The smallest absolute Gasteiger partial charge is 0.254 e. The van der Waals surface area contributed by atoms with Crippen LogP contribution in [0.1, 0.15) is 22.5 Å². The first-order valence-corrected chi connectivity index (χ1v) is 5.13. The number of methoxy groups -OCH3 is 1. The highest BCUT2D eigenvalue weighted by molar-refractivity contribution is 5.94. The van der Waals surface area contributed by atoms with Crippen molar-refractivity contribution in [2.75, 3.05) is 20.3 Å². The van der Waals surface area contributed by atoms with Crippen molar-refractivity contribution in [3.05, 3.63) is 23.7 Å². The second-order valence-electron chi connectivity index (χ2n) is 3.58. The van der Waals surface area contributed by atoms with Crippen LogP contribution in [-0.4, -0.2) is 37.4 Å². The van der Waals surface area contributed by atoms with E-state index in [0.717, 1.165) is 0 Å². The molecule has 0 saturated heterocycles. The van der Waals surface area contributed by atoms with Gasteiger partial charge in [0, 0.05) is 13.7 Å². The molecule has 2 N–H and O–H groups in total. The maximum Gasteiger partial charge on any atom is 0.254 e. The highest BCUT2D eigenvalue weighted by atomic mass is 16.5. The van der Waals surface area contributed by atoms with Crippen LogP contribution in [0.5, 0.6) is 0 Å². The average molecular weight is 227 g/mol. The predicted octanol–water partition coefficient (Wildman–Crippen LogP) is 0.715. The van der Waals surface area contributed by atoms with Crippen molar-refractivity contribution < 1.29 is 19.1 Å². The molecule has 1 amide bonds. The van der Waals surface area contributed by atoms with Crippen LogP contribution < -0.4 is 5.32 Å². The van der Waals surface area contributed by atoms with Gasteiger partial charge in [0.1, 0.15) is 12.0 Å². The van der Waals surface area contributed by atoms with Gasteiger partial charge in [0.05, 0.1) is 18.2 Å². The fraction of sp³-hybridized carbons (Fsp3) is 0.545. The summed E-state index contributed by atoms with van der Waals surface area (Å²) in [5.41, 5.74) is 0.483. The summed E-state index contributed by atoms with van der Waals surface area (Å²) in [5.74, 6) is 0.475. The van der Waals surface area contributed by atoms with Crippen LogP contribution in [-0.2, 0) is 4.74 Å². The molecule has 0 spiro atoms. The fourth-order valence-corrected chi connectivity index (χ4v) is 1.39. The van der Waals surface area contributed by atoms with E-state index in [0.29, 0.717) is 24.4 Å². The quantitative estimate of drug-likeness (QED) is 0.751. The summed E-state index contributed by atoms with van der Waals surface area (Å²) in [7, 11) is 1.55. The van der Waals surface area contributed by atoms with Gasteiger partial charge in [-0.1, -0.05) is 0 Å². The number of carbonyl (C=O) groups excluding carboxylic acids is 1. The Bertz CT molecular complexity index is 328. The molecule has 0 bridgehead atoms. The van der Waals surface area contributed by atoms with Gasteiger partial charge in [0.15, 0.2) is 0 Å². The third kappa shape index (κ3) is 3.67. The van der Waals surface area contributed by atoms with Gasteiger partial charge in [-0.3, -0.25) is 4.79 Å². The monoisotopic (exact) mass is 227 g/mol. The van der Waals surface area contributed by atoms with Crippen molar-refractivity contribution in [1.29, 1.82) is 0 Å². The molecule has 0 fully saturated rings. The second kappa shape index (κ2) is 6.30. The van der Waals surface area contributed by atoms with Gasteiger partial charge in [-0.05, 0) is 19.4 Å². The summed E-state index contributed by atoms with van der Waals surface area (Å²) in [4.78, 5) is 11.7. The number of nitrogens with one attached hydrogen (secondary N) is 1. The van der Waals surface area contributed by atoms with Crippen LogP contribution in [0.4, 0.5) is 0 Å². The molecule has 1 aromatic heterocycles. The number of aliphatic hydroxyl groups is 1.